The number of ether oxygens (including phenoxy) is 1. The lowest BCUT2D eigenvalue weighted by Gasteiger charge is -2.10. The van der Waals surface area contributed by atoms with E-state index in [1.807, 2.05) is 32.0 Å². The van der Waals surface area contributed by atoms with E-state index < -0.39 is 5.97 Å². The zero-order chi connectivity index (χ0) is 16.1. The summed E-state index contributed by atoms with van der Waals surface area (Å²) in [5.41, 5.74) is 3.53. The summed E-state index contributed by atoms with van der Waals surface area (Å²) in [5.74, 6) is -0.0202. The highest BCUT2D eigenvalue weighted by atomic mass is 16.5. The molecule has 0 aromatic heterocycles. The van der Waals surface area contributed by atoms with Gasteiger partial charge in [0.25, 0.3) is 0 Å². The molecule has 5 heteroatoms. The van der Waals surface area contributed by atoms with E-state index in [1.54, 1.807) is 24.3 Å². The molecule has 22 heavy (non-hydrogen) atoms. The Morgan fingerprint density at radius 2 is 1.59 bits per heavy atom. The number of carbonyl (C=O) groups is 2. The third-order valence-electron chi connectivity index (χ3n) is 3.12. The SMILES string of the molecule is CC(=O)Oc1cccc(NC(=O)Nc2ccc(C)c(C)c2)c1. The Hall–Kier alpha value is -2.82. The Labute approximate surface area is 129 Å². The first kappa shape index (κ1) is 15.6. The summed E-state index contributed by atoms with van der Waals surface area (Å²) >= 11 is 0. The Kier molecular flexibility index (Phi) is 4.78. The quantitative estimate of drug-likeness (QED) is 0.667. The van der Waals surface area contributed by atoms with Gasteiger partial charge in [0, 0.05) is 24.4 Å². The topological polar surface area (TPSA) is 67.4 Å². The van der Waals surface area contributed by atoms with Gasteiger partial charge in [-0.2, -0.15) is 0 Å². The summed E-state index contributed by atoms with van der Waals surface area (Å²) in [6, 6.07) is 12.0. The largest absolute Gasteiger partial charge is 0.427 e. The van der Waals surface area contributed by atoms with Crippen molar-refractivity contribution in [3.63, 3.8) is 0 Å². The van der Waals surface area contributed by atoms with E-state index in [2.05, 4.69) is 10.6 Å². The predicted molar refractivity (Wildman–Crippen MR) is 86.3 cm³/mol. The highest BCUT2D eigenvalue weighted by Gasteiger charge is 2.05. The molecule has 2 N–H and O–H groups in total. The number of aryl methyl sites for hydroxylation is 2. The maximum Gasteiger partial charge on any atom is 0.323 e. The second kappa shape index (κ2) is 6.76. The Morgan fingerprint density at radius 1 is 0.909 bits per heavy atom. The molecule has 0 unspecified atom stereocenters. The van der Waals surface area contributed by atoms with Gasteiger partial charge < -0.3 is 15.4 Å². The molecular formula is C17H18N2O3. The van der Waals surface area contributed by atoms with Gasteiger partial charge in [0.15, 0.2) is 0 Å². The lowest BCUT2D eigenvalue weighted by Crippen LogP contribution is -2.19. The van der Waals surface area contributed by atoms with Crippen LogP contribution in [-0.4, -0.2) is 12.0 Å². The number of rotatable bonds is 3. The molecule has 2 aromatic carbocycles. The van der Waals surface area contributed by atoms with Crippen LogP contribution >= 0.6 is 0 Å². The van der Waals surface area contributed by atoms with Crippen molar-refractivity contribution in [3.05, 3.63) is 53.6 Å². The van der Waals surface area contributed by atoms with E-state index in [9.17, 15) is 9.59 Å². The number of benzene rings is 2. The molecule has 0 aliphatic rings. The zero-order valence-corrected chi connectivity index (χ0v) is 12.8. The van der Waals surface area contributed by atoms with Crippen LogP contribution in [0.3, 0.4) is 0 Å². The van der Waals surface area contributed by atoms with Crippen LogP contribution in [0.4, 0.5) is 16.2 Å². The summed E-state index contributed by atoms with van der Waals surface area (Å²) in [6.45, 7) is 5.33. The van der Waals surface area contributed by atoms with Gasteiger partial charge in [-0.15, -0.1) is 0 Å². The second-order valence-electron chi connectivity index (χ2n) is 5.00. The van der Waals surface area contributed by atoms with Crippen LogP contribution in [0.5, 0.6) is 5.75 Å². The molecule has 0 saturated carbocycles. The van der Waals surface area contributed by atoms with Gasteiger partial charge in [0.1, 0.15) is 5.75 Å². The third kappa shape index (κ3) is 4.34. The lowest BCUT2D eigenvalue weighted by molar-refractivity contribution is -0.131. The first-order valence-corrected chi connectivity index (χ1v) is 6.88. The number of nitrogens with one attached hydrogen (secondary N) is 2. The van der Waals surface area contributed by atoms with Crippen molar-refractivity contribution in [2.24, 2.45) is 0 Å². The average molecular weight is 298 g/mol. The normalized spacial score (nSPS) is 9.95. The molecule has 2 amide bonds. The lowest BCUT2D eigenvalue weighted by atomic mass is 10.1. The van der Waals surface area contributed by atoms with Gasteiger partial charge in [0.2, 0.25) is 0 Å². The molecule has 5 nitrogen and oxygen atoms in total. The van der Waals surface area contributed by atoms with Gasteiger partial charge in [-0.25, -0.2) is 4.79 Å². The van der Waals surface area contributed by atoms with Crippen molar-refractivity contribution in [1.82, 2.24) is 0 Å². The van der Waals surface area contributed by atoms with Crippen molar-refractivity contribution in [1.29, 1.82) is 0 Å². The van der Waals surface area contributed by atoms with Crippen molar-refractivity contribution in [3.8, 4) is 5.75 Å². The van der Waals surface area contributed by atoms with Gasteiger partial charge in [-0.05, 0) is 49.2 Å². The van der Waals surface area contributed by atoms with E-state index in [1.165, 1.54) is 12.5 Å². The van der Waals surface area contributed by atoms with Gasteiger partial charge in [-0.1, -0.05) is 12.1 Å². The van der Waals surface area contributed by atoms with Gasteiger partial charge >= 0.3 is 12.0 Å². The molecule has 0 fully saturated rings. The molecule has 2 rings (SSSR count). The van der Waals surface area contributed by atoms with E-state index in [-0.39, 0.29) is 6.03 Å². The fraction of sp³-hybridized carbons (Fsp3) is 0.176. The van der Waals surface area contributed by atoms with Crippen LogP contribution in [0.1, 0.15) is 18.1 Å². The average Bonchev–Trinajstić information content (AvgIpc) is 2.42. The van der Waals surface area contributed by atoms with E-state index in [0.29, 0.717) is 11.4 Å². The van der Waals surface area contributed by atoms with Crippen LogP contribution in [0.25, 0.3) is 0 Å². The molecule has 0 spiro atoms. The zero-order valence-electron chi connectivity index (χ0n) is 12.8. The molecule has 0 atom stereocenters. The summed E-state index contributed by atoms with van der Waals surface area (Å²) < 4.78 is 4.97. The molecule has 0 saturated heterocycles. The molecule has 2 aromatic rings. The Bertz CT molecular complexity index is 711. The van der Waals surface area contributed by atoms with E-state index in [0.717, 1.165) is 11.3 Å². The van der Waals surface area contributed by atoms with Crippen LogP contribution in [-0.2, 0) is 4.79 Å². The van der Waals surface area contributed by atoms with Crippen LogP contribution in [0.2, 0.25) is 0 Å². The summed E-state index contributed by atoms with van der Waals surface area (Å²) in [4.78, 5) is 22.9. The highest BCUT2D eigenvalue weighted by molar-refractivity contribution is 5.99. The summed E-state index contributed by atoms with van der Waals surface area (Å²) in [5, 5.41) is 5.46. The Morgan fingerprint density at radius 3 is 2.23 bits per heavy atom. The minimum atomic E-state index is -0.406. The number of carbonyl (C=O) groups excluding carboxylic acids is 2. The van der Waals surface area contributed by atoms with Crippen LogP contribution in [0.15, 0.2) is 42.5 Å². The summed E-state index contributed by atoms with van der Waals surface area (Å²) in [6.07, 6.45) is 0. The molecule has 0 aliphatic carbocycles. The first-order chi connectivity index (χ1) is 10.4. The van der Waals surface area contributed by atoms with E-state index >= 15 is 0 Å². The fourth-order valence-electron chi connectivity index (χ4n) is 1.92. The van der Waals surface area contributed by atoms with Crippen molar-refractivity contribution in [2.45, 2.75) is 20.8 Å². The third-order valence-corrected chi connectivity index (χ3v) is 3.12. The minimum Gasteiger partial charge on any atom is -0.427 e. The second-order valence-corrected chi connectivity index (χ2v) is 5.00. The molecule has 114 valence electrons. The number of hydrogen-bond donors (Lipinski definition) is 2. The molecule has 0 bridgehead atoms. The van der Waals surface area contributed by atoms with E-state index in [4.69, 9.17) is 4.74 Å². The highest BCUT2D eigenvalue weighted by Crippen LogP contribution is 2.18. The number of amides is 2. The van der Waals surface area contributed by atoms with Gasteiger partial charge in [0.05, 0.1) is 0 Å². The monoisotopic (exact) mass is 298 g/mol. The smallest absolute Gasteiger partial charge is 0.323 e. The van der Waals surface area contributed by atoms with Crippen LogP contribution in [0, 0.1) is 13.8 Å². The number of anilines is 2. The van der Waals surface area contributed by atoms with Crippen molar-refractivity contribution < 1.29 is 14.3 Å². The van der Waals surface area contributed by atoms with Crippen LogP contribution < -0.4 is 15.4 Å². The first-order valence-electron chi connectivity index (χ1n) is 6.88. The van der Waals surface area contributed by atoms with Gasteiger partial charge in [-0.3, -0.25) is 4.79 Å². The number of urea groups is 1. The maximum absolute atomic E-state index is 12.0. The number of esters is 1. The van der Waals surface area contributed by atoms with Crippen molar-refractivity contribution in [2.75, 3.05) is 10.6 Å². The fourth-order valence-corrected chi connectivity index (χ4v) is 1.92. The molecule has 0 aliphatic heterocycles. The maximum atomic E-state index is 12.0. The molecule has 0 radical (unpaired) electrons. The van der Waals surface area contributed by atoms with Crippen molar-refractivity contribution >= 4 is 23.4 Å². The standard InChI is InChI=1S/C17H18N2O3/c1-11-7-8-15(9-12(11)2)19-17(21)18-14-5-4-6-16(10-14)22-13(3)20/h4-10H,1-3H3,(H2,18,19,21). The number of hydrogen-bond acceptors (Lipinski definition) is 3. The molecule has 0 heterocycles. The minimum absolute atomic E-state index is 0.358. The Balaban J connectivity index is 2.02. The predicted octanol–water partition coefficient (Wildman–Crippen LogP) is 3.87. The summed E-state index contributed by atoms with van der Waals surface area (Å²) in [7, 11) is 0. The molecular weight excluding hydrogens is 280 g/mol.